The summed E-state index contributed by atoms with van der Waals surface area (Å²) in [7, 11) is 0. The molecule has 2 atom stereocenters. The lowest BCUT2D eigenvalue weighted by Crippen LogP contribution is -2.58. The molecule has 2 saturated heterocycles. The molecule has 2 aromatic heterocycles. The number of nitrogens with one attached hydrogen (secondary N) is 1. The molecule has 38 heavy (non-hydrogen) atoms. The second-order valence-electron chi connectivity index (χ2n) is 10.4. The van der Waals surface area contributed by atoms with Crippen LogP contribution in [0.5, 0.6) is 0 Å². The molecule has 2 fully saturated rings. The average Bonchev–Trinajstić information content (AvgIpc) is 2.89. The van der Waals surface area contributed by atoms with Gasteiger partial charge in [-0.05, 0) is 32.9 Å². The van der Waals surface area contributed by atoms with E-state index in [0.29, 0.717) is 17.7 Å². The monoisotopic (exact) mass is 531 g/mol. The Kier molecular flexibility index (Phi) is 6.93. The molecule has 1 unspecified atom stereocenters. The largest absolute Gasteiger partial charge is 0.384 e. The molecule has 2 aliphatic heterocycles. The molecule has 1 aromatic carbocycles. The maximum atomic E-state index is 15.3. The van der Waals surface area contributed by atoms with Crippen LogP contribution in [0.3, 0.4) is 0 Å². The number of alkyl halides is 2. The number of aliphatic hydroxyl groups is 1. The minimum Gasteiger partial charge on any atom is -0.384 e. The fraction of sp³-hybridized carbons (Fsp3) is 0.500. The lowest BCUT2D eigenvalue weighted by atomic mass is 9.91. The third-order valence-corrected chi connectivity index (χ3v) is 7.36. The lowest BCUT2D eigenvalue weighted by molar-refractivity contribution is -0.170. The maximum absolute atomic E-state index is 15.3. The number of halogens is 3. The van der Waals surface area contributed by atoms with Crippen LogP contribution in [-0.4, -0.2) is 76.2 Å². The SMILES string of the molecule is Cc1nnc(N[C@H](N)c2cccc(C(F)(F)C(C)(C)O)c2F)c2cc(N3CCN4CCOCC4C3)ncc12. The molecule has 204 valence electrons. The summed E-state index contributed by atoms with van der Waals surface area (Å²) in [6.45, 7) is 8.49. The van der Waals surface area contributed by atoms with Gasteiger partial charge in [-0.1, -0.05) is 12.1 Å². The van der Waals surface area contributed by atoms with Gasteiger partial charge in [0.1, 0.15) is 23.4 Å². The predicted octanol–water partition coefficient (Wildman–Crippen LogP) is 2.93. The Morgan fingerprint density at radius 2 is 1.97 bits per heavy atom. The summed E-state index contributed by atoms with van der Waals surface area (Å²) in [6, 6.07) is 5.72. The first-order chi connectivity index (χ1) is 18.0. The minimum absolute atomic E-state index is 0.190. The number of aryl methyl sites for hydroxylation is 1. The topological polar surface area (TPSA) is 113 Å². The van der Waals surface area contributed by atoms with Crippen molar-refractivity contribution in [3.8, 4) is 0 Å². The van der Waals surface area contributed by atoms with E-state index in [-0.39, 0.29) is 17.4 Å². The van der Waals surface area contributed by atoms with Crippen molar-refractivity contribution in [2.45, 2.75) is 44.5 Å². The van der Waals surface area contributed by atoms with E-state index in [1.54, 1.807) is 13.1 Å². The zero-order valence-corrected chi connectivity index (χ0v) is 21.6. The summed E-state index contributed by atoms with van der Waals surface area (Å²) in [5, 5.41) is 22.7. The van der Waals surface area contributed by atoms with Gasteiger partial charge in [-0.3, -0.25) is 4.90 Å². The fourth-order valence-electron chi connectivity index (χ4n) is 4.98. The molecule has 4 N–H and O–H groups in total. The van der Waals surface area contributed by atoms with Gasteiger partial charge in [-0.2, -0.15) is 13.9 Å². The number of hydrogen-bond acceptors (Lipinski definition) is 9. The van der Waals surface area contributed by atoms with Crippen LogP contribution in [0.25, 0.3) is 10.8 Å². The first-order valence-corrected chi connectivity index (χ1v) is 12.6. The fourth-order valence-corrected chi connectivity index (χ4v) is 4.98. The highest BCUT2D eigenvalue weighted by molar-refractivity contribution is 5.94. The predicted molar refractivity (Wildman–Crippen MR) is 138 cm³/mol. The summed E-state index contributed by atoms with van der Waals surface area (Å²) in [4.78, 5) is 9.27. The Balaban J connectivity index is 1.45. The van der Waals surface area contributed by atoms with Crippen molar-refractivity contribution in [2.75, 3.05) is 49.6 Å². The van der Waals surface area contributed by atoms with Gasteiger partial charge in [0.2, 0.25) is 0 Å². The highest BCUT2D eigenvalue weighted by atomic mass is 19.3. The van der Waals surface area contributed by atoms with Crippen molar-refractivity contribution in [1.82, 2.24) is 20.1 Å². The quantitative estimate of drug-likeness (QED) is 0.413. The first kappa shape index (κ1) is 26.5. The third-order valence-electron chi connectivity index (χ3n) is 7.36. The molecule has 0 saturated carbocycles. The van der Waals surface area contributed by atoms with Gasteiger partial charge in [0.15, 0.2) is 5.82 Å². The van der Waals surface area contributed by atoms with Crippen molar-refractivity contribution in [1.29, 1.82) is 0 Å². The van der Waals surface area contributed by atoms with Crippen molar-refractivity contribution in [3.05, 3.63) is 53.1 Å². The molecule has 2 aliphatic rings. The Labute approximate surface area is 218 Å². The van der Waals surface area contributed by atoms with E-state index in [1.807, 2.05) is 6.07 Å². The molecule has 3 aromatic rings. The van der Waals surface area contributed by atoms with Gasteiger partial charge in [0, 0.05) is 48.7 Å². The van der Waals surface area contributed by atoms with Gasteiger partial charge in [-0.25, -0.2) is 9.37 Å². The van der Waals surface area contributed by atoms with Crippen LogP contribution in [0.2, 0.25) is 0 Å². The maximum Gasteiger partial charge on any atom is 0.303 e. The van der Waals surface area contributed by atoms with Gasteiger partial charge >= 0.3 is 5.92 Å². The lowest BCUT2D eigenvalue weighted by Gasteiger charge is -2.44. The number of ether oxygens (including phenoxy) is 1. The molecular formula is C26H32F3N7O2. The number of fused-ring (bicyclic) bond motifs is 2. The third kappa shape index (κ3) is 4.77. The summed E-state index contributed by atoms with van der Waals surface area (Å²) >= 11 is 0. The second kappa shape index (κ2) is 9.92. The normalized spacial score (nSPS) is 19.9. The molecule has 0 radical (unpaired) electrons. The molecule has 5 rings (SSSR count). The standard InChI is InChI=1S/C26H32F3N7O2/c1-15-19-12-31-21(36-8-7-35-9-10-38-14-16(35)13-36)11-18(19)24(34-33-15)32-23(30)17-5-4-6-20(22(17)27)26(28,29)25(2,3)37/h4-6,11-12,16,23,37H,7-10,13-14,30H2,1-3H3,(H,32,34)/t16?,23-/m0/s1. The molecule has 9 nitrogen and oxygen atoms in total. The summed E-state index contributed by atoms with van der Waals surface area (Å²) in [5.74, 6) is -4.00. The van der Waals surface area contributed by atoms with Crippen LogP contribution in [0.4, 0.5) is 24.8 Å². The first-order valence-electron chi connectivity index (χ1n) is 12.6. The number of nitrogens with zero attached hydrogens (tertiary/aromatic N) is 5. The Morgan fingerprint density at radius 3 is 2.74 bits per heavy atom. The van der Waals surface area contributed by atoms with Crippen LogP contribution in [0.15, 0.2) is 30.5 Å². The molecular weight excluding hydrogens is 499 g/mol. The number of aromatic nitrogens is 3. The van der Waals surface area contributed by atoms with Crippen molar-refractivity contribution in [2.24, 2.45) is 5.73 Å². The molecule has 4 heterocycles. The molecule has 0 amide bonds. The van der Waals surface area contributed by atoms with Crippen LogP contribution in [0.1, 0.15) is 36.8 Å². The van der Waals surface area contributed by atoms with Crippen LogP contribution < -0.4 is 16.0 Å². The van der Waals surface area contributed by atoms with E-state index >= 15 is 4.39 Å². The number of rotatable bonds is 6. The van der Waals surface area contributed by atoms with Gasteiger partial charge < -0.3 is 25.8 Å². The van der Waals surface area contributed by atoms with Crippen molar-refractivity contribution < 1.29 is 23.0 Å². The van der Waals surface area contributed by atoms with Crippen LogP contribution >= 0.6 is 0 Å². The summed E-state index contributed by atoms with van der Waals surface area (Å²) in [5.41, 5.74) is 3.32. The number of anilines is 2. The zero-order valence-electron chi connectivity index (χ0n) is 21.6. The van der Waals surface area contributed by atoms with Crippen molar-refractivity contribution in [3.63, 3.8) is 0 Å². The Morgan fingerprint density at radius 1 is 1.18 bits per heavy atom. The molecule has 0 spiro atoms. The highest BCUT2D eigenvalue weighted by Crippen LogP contribution is 2.41. The molecule has 0 bridgehead atoms. The average molecular weight is 532 g/mol. The number of hydrogen-bond donors (Lipinski definition) is 3. The zero-order chi connectivity index (χ0) is 27.2. The number of benzene rings is 1. The van der Waals surface area contributed by atoms with Crippen molar-refractivity contribution >= 4 is 22.4 Å². The smallest absolute Gasteiger partial charge is 0.303 e. The highest BCUT2D eigenvalue weighted by Gasteiger charge is 2.49. The number of morpholine rings is 1. The van der Waals surface area contributed by atoms with E-state index < -0.39 is 29.1 Å². The van der Waals surface area contributed by atoms with Crippen LogP contribution in [-0.2, 0) is 10.7 Å². The van der Waals surface area contributed by atoms with E-state index in [0.717, 1.165) is 63.9 Å². The van der Waals surface area contributed by atoms with Gasteiger partial charge in [0.25, 0.3) is 0 Å². The van der Waals surface area contributed by atoms with E-state index in [2.05, 4.69) is 30.3 Å². The number of piperazine rings is 1. The van der Waals surface area contributed by atoms with Crippen LogP contribution in [0, 0.1) is 12.7 Å². The Hall–Kier alpha value is -3.06. The van der Waals surface area contributed by atoms with E-state index in [9.17, 15) is 13.9 Å². The number of pyridine rings is 1. The van der Waals surface area contributed by atoms with E-state index in [1.165, 1.54) is 12.1 Å². The van der Waals surface area contributed by atoms with E-state index in [4.69, 9.17) is 10.5 Å². The van der Waals surface area contributed by atoms with Gasteiger partial charge in [0.05, 0.1) is 30.5 Å². The number of nitrogens with two attached hydrogens (primary N) is 1. The molecule has 12 heteroatoms. The Bertz CT molecular complexity index is 1330. The second-order valence-corrected chi connectivity index (χ2v) is 10.4. The van der Waals surface area contributed by atoms with Gasteiger partial charge in [-0.15, -0.1) is 5.10 Å². The molecule has 0 aliphatic carbocycles. The summed E-state index contributed by atoms with van der Waals surface area (Å²) in [6.07, 6.45) is 0.507. The minimum atomic E-state index is -3.84. The summed E-state index contributed by atoms with van der Waals surface area (Å²) < 4.78 is 50.5.